The molecule has 0 aliphatic heterocycles. The Balaban J connectivity index is 3.25. The van der Waals surface area contributed by atoms with Crippen LogP contribution in [0.25, 0.3) is 0 Å². The highest BCUT2D eigenvalue weighted by Gasteiger charge is 1.84. The lowest BCUT2D eigenvalue weighted by Crippen LogP contribution is -2.15. The Bertz CT molecular complexity index is 161. The molecule has 0 heterocycles. The fourth-order valence-electron chi connectivity index (χ4n) is 0.559. The Kier molecular flexibility index (Phi) is 7.24. The van der Waals surface area contributed by atoms with Crippen LogP contribution in [-0.4, -0.2) is 32.7 Å². The van der Waals surface area contributed by atoms with E-state index in [1.54, 1.807) is 6.34 Å². The van der Waals surface area contributed by atoms with E-state index in [1.165, 1.54) is 0 Å². The van der Waals surface area contributed by atoms with Gasteiger partial charge in [-0.15, -0.1) is 0 Å². The third-order valence-electron chi connectivity index (χ3n) is 1.41. The Morgan fingerprint density at radius 2 is 2.33 bits per heavy atom. The molecule has 0 spiro atoms. The van der Waals surface area contributed by atoms with Crippen LogP contribution in [0.4, 0.5) is 0 Å². The first kappa shape index (κ1) is 10.9. The molecule has 0 saturated carbocycles. The van der Waals surface area contributed by atoms with Crippen molar-refractivity contribution in [3.8, 4) is 0 Å². The van der Waals surface area contributed by atoms with Crippen LogP contribution in [0.15, 0.2) is 22.1 Å². The van der Waals surface area contributed by atoms with Crippen LogP contribution >= 0.6 is 0 Å². The van der Waals surface area contributed by atoms with E-state index in [-0.39, 0.29) is 0 Å². The SMILES string of the molecule is C=NCCNC=NCC(=C)CC. The van der Waals surface area contributed by atoms with Crippen molar-refractivity contribution in [1.29, 1.82) is 0 Å². The molecule has 0 unspecified atom stereocenters. The first-order chi connectivity index (χ1) is 5.81. The van der Waals surface area contributed by atoms with Crippen molar-refractivity contribution in [3.05, 3.63) is 12.2 Å². The fraction of sp³-hybridized carbons (Fsp3) is 0.556. The van der Waals surface area contributed by atoms with Gasteiger partial charge in [0, 0.05) is 6.54 Å². The molecule has 0 aromatic heterocycles. The highest BCUT2D eigenvalue weighted by molar-refractivity contribution is 5.54. The maximum absolute atomic E-state index is 4.12. The zero-order valence-electron chi connectivity index (χ0n) is 7.71. The summed E-state index contributed by atoms with van der Waals surface area (Å²) in [6.07, 6.45) is 2.69. The van der Waals surface area contributed by atoms with Gasteiger partial charge in [-0.2, -0.15) is 0 Å². The third kappa shape index (κ3) is 6.99. The maximum Gasteiger partial charge on any atom is 0.0828 e. The Morgan fingerprint density at radius 3 is 2.92 bits per heavy atom. The molecule has 0 bridgehead atoms. The fourth-order valence-corrected chi connectivity index (χ4v) is 0.559. The van der Waals surface area contributed by atoms with Crippen LogP contribution in [0, 0.1) is 0 Å². The molecule has 0 aromatic carbocycles. The molecule has 68 valence electrons. The molecule has 12 heavy (non-hydrogen) atoms. The van der Waals surface area contributed by atoms with Gasteiger partial charge in [-0.05, 0) is 13.1 Å². The predicted molar refractivity (Wildman–Crippen MR) is 55.2 cm³/mol. The van der Waals surface area contributed by atoms with E-state index in [0.717, 1.165) is 25.1 Å². The average Bonchev–Trinajstić information content (AvgIpc) is 2.10. The van der Waals surface area contributed by atoms with Crippen molar-refractivity contribution in [2.45, 2.75) is 13.3 Å². The quantitative estimate of drug-likeness (QED) is 0.263. The molecule has 3 nitrogen and oxygen atoms in total. The Hall–Kier alpha value is -1.12. The summed E-state index contributed by atoms with van der Waals surface area (Å²) in [5.74, 6) is 0. The molecule has 0 amide bonds. The van der Waals surface area contributed by atoms with Crippen LogP contribution in [0.5, 0.6) is 0 Å². The van der Waals surface area contributed by atoms with Crippen LogP contribution in [0.2, 0.25) is 0 Å². The second-order valence-corrected chi connectivity index (χ2v) is 2.47. The number of nitrogens with zero attached hydrogens (tertiary/aromatic N) is 2. The lowest BCUT2D eigenvalue weighted by molar-refractivity contribution is 0.887. The summed E-state index contributed by atoms with van der Waals surface area (Å²) in [4.78, 5) is 7.81. The van der Waals surface area contributed by atoms with Crippen LogP contribution in [0.3, 0.4) is 0 Å². The number of nitrogens with one attached hydrogen (secondary N) is 1. The van der Waals surface area contributed by atoms with Crippen molar-refractivity contribution >= 4 is 13.1 Å². The van der Waals surface area contributed by atoms with Crippen molar-refractivity contribution in [2.75, 3.05) is 19.6 Å². The van der Waals surface area contributed by atoms with Gasteiger partial charge < -0.3 is 5.32 Å². The minimum atomic E-state index is 0.713. The van der Waals surface area contributed by atoms with E-state index in [9.17, 15) is 0 Å². The summed E-state index contributed by atoms with van der Waals surface area (Å²) in [5.41, 5.74) is 1.15. The monoisotopic (exact) mass is 167 g/mol. The van der Waals surface area contributed by atoms with Crippen LogP contribution in [0.1, 0.15) is 13.3 Å². The summed E-state index contributed by atoms with van der Waals surface area (Å²) in [6, 6.07) is 0. The van der Waals surface area contributed by atoms with Gasteiger partial charge in [-0.25, -0.2) is 0 Å². The number of hydrogen-bond donors (Lipinski definition) is 1. The first-order valence-corrected chi connectivity index (χ1v) is 4.12. The van der Waals surface area contributed by atoms with E-state index in [0.29, 0.717) is 6.54 Å². The Morgan fingerprint density at radius 1 is 1.58 bits per heavy atom. The zero-order chi connectivity index (χ0) is 9.23. The number of hydrogen-bond acceptors (Lipinski definition) is 2. The van der Waals surface area contributed by atoms with Crippen molar-refractivity contribution < 1.29 is 0 Å². The molecule has 0 rings (SSSR count). The molecule has 3 heteroatoms. The minimum absolute atomic E-state index is 0.713. The summed E-state index contributed by atoms with van der Waals surface area (Å²) in [6.45, 7) is 11.5. The second-order valence-electron chi connectivity index (χ2n) is 2.47. The van der Waals surface area contributed by atoms with E-state index in [1.807, 2.05) is 0 Å². The van der Waals surface area contributed by atoms with Gasteiger partial charge in [0.25, 0.3) is 0 Å². The third-order valence-corrected chi connectivity index (χ3v) is 1.41. The van der Waals surface area contributed by atoms with E-state index >= 15 is 0 Å². The molecular weight excluding hydrogens is 150 g/mol. The topological polar surface area (TPSA) is 36.8 Å². The normalized spacial score (nSPS) is 10.1. The summed E-state index contributed by atoms with van der Waals surface area (Å²) >= 11 is 0. The highest BCUT2D eigenvalue weighted by atomic mass is 14.9. The van der Waals surface area contributed by atoms with Gasteiger partial charge in [0.2, 0.25) is 0 Å². The summed E-state index contributed by atoms with van der Waals surface area (Å²) in [7, 11) is 0. The molecule has 0 aliphatic rings. The van der Waals surface area contributed by atoms with Gasteiger partial charge in [-0.1, -0.05) is 19.1 Å². The molecule has 1 N–H and O–H groups in total. The molecule has 0 saturated heterocycles. The highest BCUT2D eigenvalue weighted by Crippen LogP contribution is 1.94. The van der Waals surface area contributed by atoms with Crippen LogP contribution < -0.4 is 5.32 Å². The van der Waals surface area contributed by atoms with Gasteiger partial charge in [0.15, 0.2) is 0 Å². The zero-order valence-corrected chi connectivity index (χ0v) is 7.71. The first-order valence-electron chi connectivity index (χ1n) is 4.12. The molecule has 0 radical (unpaired) electrons. The smallest absolute Gasteiger partial charge is 0.0828 e. The van der Waals surface area contributed by atoms with Crippen LogP contribution in [-0.2, 0) is 0 Å². The molecular formula is C9H17N3. The van der Waals surface area contributed by atoms with Gasteiger partial charge in [0.1, 0.15) is 0 Å². The van der Waals surface area contributed by atoms with Crippen molar-refractivity contribution in [1.82, 2.24) is 5.32 Å². The maximum atomic E-state index is 4.12. The lowest BCUT2D eigenvalue weighted by Gasteiger charge is -1.96. The van der Waals surface area contributed by atoms with E-state index < -0.39 is 0 Å². The van der Waals surface area contributed by atoms with Crippen molar-refractivity contribution in [3.63, 3.8) is 0 Å². The molecule has 0 atom stereocenters. The van der Waals surface area contributed by atoms with Gasteiger partial charge >= 0.3 is 0 Å². The average molecular weight is 167 g/mol. The summed E-state index contributed by atoms with van der Waals surface area (Å²) in [5, 5.41) is 3.00. The minimum Gasteiger partial charge on any atom is -0.375 e. The van der Waals surface area contributed by atoms with Gasteiger partial charge in [0.05, 0.1) is 19.4 Å². The lowest BCUT2D eigenvalue weighted by atomic mass is 10.2. The summed E-state index contributed by atoms with van der Waals surface area (Å²) < 4.78 is 0. The molecule has 0 fully saturated rings. The van der Waals surface area contributed by atoms with E-state index in [4.69, 9.17) is 0 Å². The van der Waals surface area contributed by atoms with E-state index in [2.05, 4.69) is 35.5 Å². The standard InChI is InChI=1S/C9H17N3/c1-4-9(2)7-12-8-11-6-5-10-3/h8H,2-7H2,1H3,(H,11,12). The number of rotatable bonds is 7. The Labute approximate surface area is 74.3 Å². The van der Waals surface area contributed by atoms with Gasteiger partial charge in [-0.3, -0.25) is 9.98 Å². The predicted octanol–water partition coefficient (Wildman–Crippen LogP) is 1.27. The number of aliphatic imine (C=N–C) groups is 2. The van der Waals surface area contributed by atoms with Crippen molar-refractivity contribution in [2.24, 2.45) is 9.98 Å². The molecule has 0 aliphatic carbocycles. The largest absolute Gasteiger partial charge is 0.375 e. The second kappa shape index (κ2) is 7.98. The molecule has 0 aromatic rings.